The fourth-order valence-electron chi connectivity index (χ4n) is 3.68. The van der Waals surface area contributed by atoms with Gasteiger partial charge in [0.2, 0.25) is 5.89 Å². The molecular weight excluding hydrogens is 514 g/mol. The first-order valence-electron chi connectivity index (χ1n) is 10.7. The highest BCUT2D eigenvalue weighted by Crippen LogP contribution is 2.32. The van der Waals surface area contributed by atoms with Crippen molar-refractivity contribution in [1.29, 1.82) is 0 Å². The molecule has 0 radical (unpaired) electrons. The van der Waals surface area contributed by atoms with Gasteiger partial charge in [-0.05, 0) is 48.6 Å². The predicted octanol–water partition coefficient (Wildman–Crippen LogP) is 3.79. The fourth-order valence-corrected chi connectivity index (χ4v) is 5.79. The minimum absolute atomic E-state index is 0.217. The summed E-state index contributed by atoms with van der Waals surface area (Å²) in [7, 11) is 4.18. The van der Waals surface area contributed by atoms with Crippen LogP contribution < -0.4 is 0 Å². The summed E-state index contributed by atoms with van der Waals surface area (Å²) in [4.78, 5) is 5.59. The van der Waals surface area contributed by atoms with E-state index in [4.69, 9.17) is 9.15 Å². The first kappa shape index (κ1) is 23.8. The van der Waals surface area contributed by atoms with E-state index in [1.54, 1.807) is 23.1 Å². The second-order valence-corrected chi connectivity index (χ2v) is 11.1. The van der Waals surface area contributed by atoms with E-state index in [9.17, 15) is 0 Å². The fraction of sp³-hybridized carbons (Fsp3) is 0.600. The molecule has 12 heteroatoms. The van der Waals surface area contributed by atoms with E-state index in [1.807, 2.05) is 12.1 Å². The summed E-state index contributed by atoms with van der Waals surface area (Å²) in [6, 6.07) is 4.17. The minimum Gasteiger partial charge on any atom is -0.419 e. The third-order valence-electron chi connectivity index (χ3n) is 5.37. The first-order chi connectivity index (χ1) is 15.5. The molecule has 1 saturated heterocycles. The average molecular weight is 543 g/mol. The molecule has 0 aliphatic carbocycles. The molecule has 0 aromatic carbocycles. The number of rotatable bonds is 10. The maximum absolute atomic E-state index is 5.87. The van der Waals surface area contributed by atoms with Crippen molar-refractivity contribution < 1.29 is 9.15 Å². The van der Waals surface area contributed by atoms with Crippen molar-refractivity contribution in [2.45, 2.75) is 36.8 Å². The highest BCUT2D eigenvalue weighted by atomic mass is 79.9. The molecule has 0 bridgehead atoms. The van der Waals surface area contributed by atoms with Gasteiger partial charge in [-0.15, -0.1) is 31.7 Å². The quantitative estimate of drug-likeness (QED) is 0.355. The molecule has 4 rings (SSSR count). The SMILES string of the molecule is CC[C@@H](c1nnc(SCc2nnc(-c3ccc(Br)s3)o2)n1CCN1CCOCC1)N(C)C. The minimum atomic E-state index is 0.217. The lowest BCUT2D eigenvalue weighted by molar-refractivity contribution is 0.0358. The molecule has 1 aliphatic rings. The van der Waals surface area contributed by atoms with E-state index in [0.29, 0.717) is 17.5 Å². The van der Waals surface area contributed by atoms with Crippen molar-refractivity contribution in [2.24, 2.45) is 0 Å². The van der Waals surface area contributed by atoms with Crippen molar-refractivity contribution in [3.05, 3.63) is 27.6 Å². The third-order valence-corrected chi connectivity index (χ3v) is 7.94. The van der Waals surface area contributed by atoms with Crippen LogP contribution in [-0.2, 0) is 17.0 Å². The molecule has 0 amide bonds. The van der Waals surface area contributed by atoms with Gasteiger partial charge in [0.1, 0.15) is 0 Å². The van der Waals surface area contributed by atoms with Gasteiger partial charge >= 0.3 is 0 Å². The molecule has 0 saturated carbocycles. The summed E-state index contributed by atoms with van der Waals surface area (Å²) in [6.07, 6.45) is 0.969. The lowest BCUT2D eigenvalue weighted by Gasteiger charge is -2.28. The smallest absolute Gasteiger partial charge is 0.257 e. The maximum Gasteiger partial charge on any atom is 0.257 e. The number of morpholine rings is 1. The number of thioether (sulfide) groups is 1. The average Bonchev–Trinajstić information content (AvgIpc) is 3.52. The Hall–Kier alpha value is -1.31. The van der Waals surface area contributed by atoms with Crippen LogP contribution in [-0.4, -0.2) is 81.7 Å². The van der Waals surface area contributed by atoms with Crippen LogP contribution in [0.1, 0.15) is 31.1 Å². The maximum atomic E-state index is 5.87. The Morgan fingerprint density at radius 1 is 1.16 bits per heavy atom. The van der Waals surface area contributed by atoms with Gasteiger partial charge < -0.3 is 13.7 Å². The summed E-state index contributed by atoms with van der Waals surface area (Å²) >= 11 is 6.63. The highest BCUT2D eigenvalue weighted by Gasteiger charge is 2.23. The zero-order chi connectivity index (χ0) is 22.5. The second-order valence-electron chi connectivity index (χ2n) is 7.73. The molecule has 0 unspecified atom stereocenters. The van der Waals surface area contributed by atoms with Gasteiger partial charge in [-0.25, -0.2) is 0 Å². The summed E-state index contributed by atoms with van der Waals surface area (Å²) < 4.78 is 14.6. The molecule has 9 nitrogen and oxygen atoms in total. The first-order valence-corrected chi connectivity index (χ1v) is 13.2. The molecule has 1 aliphatic heterocycles. The summed E-state index contributed by atoms with van der Waals surface area (Å²) in [5.74, 6) is 2.68. The molecule has 1 atom stereocenters. The van der Waals surface area contributed by atoms with Crippen molar-refractivity contribution in [1.82, 2.24) is 34.8 Å². The number of nitrogens with zero attached hydrogens (tertiary/aromatic N) is 7. The monoisotopic (exact) mass is 541 g/mol. The van der Waals surface area contributed by atoms with Gasteiger partial charge in [-0.1, -0.05) is 18.7 Å². The molecule has 32 heavy (non-hydrogen) atoms. The molecule has 0 N–H and O–H groups in total. The van der Waals surface area contributed by atoms with Crippen LogP contribution in [0.3, 0.4) is 0 Å². The Morgan fingerprint density at radius 3 is 2.66 bits per heavy atom. The number of aromatic nitrogens is 5. The van der Waals surface area contributed by atoms with Crippen molar-refractivity contribution >= 4 is 39.0 Å². The highest BCUT2D eigenvalue weighted by molar-refractivity contribution is 9.11. The molecule has 174 valence electrons. The van der Waals surface area contributed by atoms with Crippen LogP contribution in [0.2, 0.25) is 0 Å². The number of halogens is 1. The van der Waals surface area contributed by atoms with Gasteiger partial charge in [0.15, 0.2) is 11.0 Å². The van der Waals surface area contributed by atoms with Crippen LogP contribution in [0.5, 0.6) is 0 Å². The zero-order valence-electron chi connectivity index (χ0n) is 18.5. The number of hydrogen-bond acceptors (Lipinski definition) is 10. The summed E-state index contributed by atoms with van der Waals surface area (Å²) in [5.41, 5.74) is 0. The van der Waals surface area contributed by atoms with E-state index >= 15 is 0 Å². The van der Waals surface area contributed by atoms with Gasteiger partial charge in [0, 0.05) is 26.2 Å². The number of ether oxygens (including phenoxy) is 1. The largest absolute Gasteiger partial charge is 0.419 e. The molecule has 3 aromatic rings. The Morgan fingerprint density at radius 2 is 1.97 bits per heavy atom. The predicted molar refractivity (Wildman–Crippen MR) is 129 cm³/mol. The lowest BCUT2D eigenvalue weighted by atomic mass is 10.2. The summed E-state index contributed by atoms with van der Waals surface area (Å²) in [5, 5.41) is 18.4. The van der Waals surface area contributed by atoms with Gasteiger partial charge in [0.05, 0.1) is 33.7 Å². The van der Waals surface area contributed by atoms with E-state index in [-0.39, 0.29) is 6.04 Å². The second kappa shape index (κ2) is 11.2. The van der Waals surface area contributed by atoms with Crippen LogP contribution in [0.25, 0.3) is 10.8 Å². The molecule has 4 heterocycles. The van der Waals surface area contributed by atoms with Crippen molar-refractivity contribution in [3.8, 4) is 10.8 Å². The molecule has 3 aromatic heterocycles. The van der Waals surface area contributed by atoms with Crippen molar-refractivity contribution in [2.75, 3.05) is 46.9 Å². The van der Waals surface area contributed by atoms with E-state index in [0.717, 1.165) is 65.5 Å². The normalized spacial score (nSPS) is 16.2. The Balaban J connectivity index is 1.48. The van der Waals surface area contributed by atoms with Crippen LogP contribution >= 0.6 is 39.0 Å². The van der Waals surface area contributed by atoms with E-state index in [2.05, 4.69) is 71.7 Å². The lowest BCUT2D eigenvalue weighted by Crippen LogP contribution is -2.38. The Labute approximate surface area is 204 Å². The third kappa shape index (κ3) is 5.78. The molecule has 1 fully saturated rings. The topological polar surface area (TPSA) is 85.3 Å². The molecular formula is C20H28BrN7O2S2. The number of thiophene rings is 1. The van der Waals surface area contributed by atoms with Crippen LogP contribution in [0.15, 0.2) is 25.5 Å². The van der Waals surface area contributed by atoms with E-state index < -0.39 is 0 Å². The summed E-state index contributed by atoms with van der Waals surface area (Å²) in [6.45, 7) is 7.50. The zero-order valence-corrected chi connectivity index (χ0v) is 21.7. The van der Waals surface area contributed by atoms with Gasteiger partial charge in [-0.2, -0.15) is 0 Å². The Bertz CT molecular complexity index is 1000. The van der Waals surface area contributed by atoms with E-state index in [1.165, 1.54) is 0 Å². The van der Waals surface area contributed by atoms with Crippen molar-refractivity contribution in [3.63, 3.8) is 0 Å². The van der Waals surface area contributed by atoms with Gasteiger partial charge in [0.25, 0.3) is 5.89 Å². The Kier molecular flexibility index (Phi) is 8.35. The van der Waals surface area contributed by atoms with Crippen LogP contribution in [0, 0.1) is 0 Å². The standard InChI is InChI=1S/C20H28BrN7O2S2/c1-4-14(26(2)3)18-23-25-20(28(18)8-7-27-9-11-29-12-10-27)31-13-17-22-24-19(30-17)15-5-6-16(21)32-15/h5-6,14H,4,7-13H2,1-3H3/t14-/m0/s1. The van der Waals surface area contributed by atoms with Gasteiger partial charge in [-0.3, -0.25) is 9.80 Å². The number of hydrogen-bond donors (Lipinski definition) is 0. The van der Waals surface area contributed by atoms with Crippen LogP contribution in [0.4, 0.5) is 0 Å². The molecule has 0 spiro atoms.